The van der Waals surface area contributed by atoms with Gasteiger partial charge in [0.05, 0.1) is 25.9 Å². The van der Waals surface area contributed by atoms with Crippen LogP contribution < -0.4 is 10.2 Å². The maximum atomic E-state index is 13.2. The third kappa shape index (κ3) is 5.56. The first-order valence-electron chi connectivity index (χ1n) is 13.3. The number of hydrogen-bond donors (Lipinski definition) is 9. The molecule has 2 aliphatic rings. The smallest absolute Gasteiger partial charge is 0.197 e. The Labute approximate surface area is 242 Å². The Bertz CT molecular complexity index is 1490. The van der Waals surface area contributed by atoms with Gasteiger partial charge in [0.1, 0.15) is 88.9 Å². The minimum atomic E-state index is -1.92. The number of methoxy groups -OCH3 is 1. The number of ether oxygens (including phenoxy) is 4. The molecule has 2 saturated heterocycles. The second kappa shape index (κ2) is 12.3. The molecule has 0 spiro atoms. The van der Waals surface area contributed by atoms with Crippen molar-refractivity contribution in [3.8, 4) is 28.6 Å². The molecule has 2 aromatic carbocycles. The molecule has 0 saturated carbocycles. The van der Waals surface area contributed by atoms with Gasteiger partial charge in [0, 0.05) is 17.7 Å². The first-order chi connectivity index (χ1) is 20.5. The first kappa shape index (κ1) is 31.1. The standard InChI is InChI=1S/C28H32O15/c1-39-11-4-2-10(3-5-11)14-6-12(31)18-15(40-14)7-13(32)19(22(18)35)26-27(24(37)21(34)16(8-29)41-26)43-28-25(38)23(36)20(33)17(9-30)42-28/h2-7,16-17,20-21,23-30,32-38H,8-9H2,1H3/t16-,17-,20+,21+,23-,24-,25+,26-,27-,28-/m0/s1. The number of aromatic hydroxyl groups is 2. The summed E-state index contributed by atoms with van der Waals surface area (Å²) in [6.45, 7) is -1.60. The van der Waals surface area contributed by atoms with E-state index in [4.69, 9.17) is 23.4 Å². The summed E-state index contributed by atoms with van der Waals surface area (Å²) in [5, 5.41) is 93.4. The number of rotatable bonds is 7. The summed E-state index contributed by atoms with van der Waals surface area (Å²) < 4.78 is 27.7. The highest BCUT2D eigenvalue weighted by Gasteiger charge is 2.52. The summed E-state index contributed by atoms with van der Waals surface area (Å²) in [7, 11) is 1.49. The van der Waals surface area contributed by atoms with E-state index in [0.29, 0.717) is 11.3 Å². The van der Waals surface area contributed by atoms with Crippen molar-refractivity contribution < 1.29 is 69.3 Å². The Morgan fingerprint density at radius 2 is 1.44 bits per heavy atom. The molecule has 43 heavy (non-hydrogen) atoms. The summed E-state index contributed by atoms with van der Waals surface area (Å²) in [4.78, 5) is 13.2. The number of phenolic OH excluding ortho intramolecular Hbond substituents is 2. The summed E-state index contributed by atoms with van der Waals surface area (Å²) >= 11 is 0. The van der Waals surface area contributed by atoms with E-state index in [1.807, 2.05) is 0 Å². The van der Waals surface area contributed by atoms with E-state index >= 15 is 0 Å². The molecule has 3 aromatic rings. The first-order valence-corrected chi connectivity index (χ1v) is 13.3. The van der Waals surface area contributed by atoms with Crippen molar-refractivity contribution in [3.63, 3.8) is 0 Å². The second-order valence-corrected chi connectivity index (χ2v) is 10.3. The van der Waals surface area contributed by atoms with Crippen LogP contribution in [0.25, 0.3) is 22.3 Å². The van der Waals surface area contributed by atoms with Gasteiger partial charge in [-0.05, 0) is 24.3 Å². The van der Waals surface area contributed by atoms with E-state index < -0.39 is 96.9 Å². The highest BCUT2D eigenvalue weighted by Crippen LogP contribution is 2.46. The fourth-order valence-electron chi connectivity index (χ4n) is 5.29. The van der Waals surface area contributed by atoms with Crippen molar-refractivity contribution in [2.24, 2.45) is 0 Å². The van der Waals surface area contributed by atoms with E-state index in [0.717, 1.165) is 12.1 Å². The van der Waals surface area contributed by atoms with E-state index in [1.54, 1.807) is 24.3 Å². The molecule has 10 atom stereocenters. The normalized spacial score (nSPS) is 33.0. The SMILES string of the molecule is COc1ccc(-c2cc(=O)c3c(O)c([C@@H]4O[C@@H](CO)[C@@H](O)[C@H](O)[C@@H]4O[C@@H]4O[C@@H](CO)[C@@H](O)[C@H](O)[C@H]4O)c(O)cc3o2)cc1. The Kier molecular flexibility index (Phi) is 8.92. The lowest BCUT2D eigenvalue weighted by Gasteiger charge is -2.46. The maximum Gasteiger partial charge on any atom is 0.197 e. The number of hydrogen-bond acceptors (Lipinski definition) is 15. The zero-order chi connectivity index (χ0) is 31.2. The summed E-state index contributed by atoms with van der Waals surface area (Å²) in [6.07, 6.45) is -17.3. The molecule has 15 nitrogen and oxygen atoms in total. The lowest BCUT2D eigenvalue weighted by atomic mass is 9.89. The van der Waals surface area contributed by atoms with Gasteiger partial charge in [-0.15, -0.1) is 0 Å². The minimum Gasteiger partial charge on any atom is -0.507 e. The summed E-state index contributed by atoms with van der Waals surface area (Å²) in [6, 6.07) is 8.70. The molecular formula is C28H32O15. The lowest BCUT2D eigenvalue weighted by Crippen LogP contribution is -2.62. The van der Waals surface area contributed by atoms with Crippen molar-refractivity contribution in [1.82, 2.24) is 0 Å². The number of phenols is 2. The summed E-state index contributed by atoms with van der Waals surface area (Å²) in [5.74, 6) is -0.831. The van der Waals surface area contributed by atoms with E-state index in [9.17, 15) is 50.8 Å². The van der Waals surface area contributed by atoms with Crippen molar-refractivity contribution in [1.29, 1.82) is 0 Å². The fraction of sp³-hybridized carbons (Fsp3) is 0.464. The molecule has 0 radical (unpaired) electrons. The number of benzene rings is 2. The monoisotopic (exact) mass is 608 g/mol. The minimum absolute atomic E-state index is 0.114. The fourth-order valence-corrected chi connectivity index (χ4v) is 5.29. The van der Waals surface area contributed by atoms with Crippen LogP contribution in [0.3, 0.4) is 0 Å². The van der Waals surface area contributed by atoms with Gasteiger partial charge >= 0.3 is 0 Å². The van der Waals surface area contributed by atoms with Gasteiger partial charge in [0.25, 0.3) is 0 Å². The molecule has 0 aliphatic carbocycles. The van der Waals surface area contributed by atoms with Crippen molar-refractivity contribution >= 4 is 11.0 Å². The third-order valence-corrected chi connectivity index (χ3v) is 7.68. The average molecular weight is 609 g/mol. The third-order valence-electron chi connectivity index (χ3n) is 7.68. The van der Waals surface area contributed by atoms with E-state index in [1.165, 1.54) is 7.11 Å². The van der Waals surface area contributed by atoms with Crippen molar-refractivity contribution in [2.75, 3.05) is 20.3 Å². The molecule has 2 fully saturated rings. The van der Waals surface area contributed by atoms with Crippen LogP contribution in [0.2, 0.25) is 0 Å². The molecule has 5 rings (SSSR count). The molecule has 15 heteroatoms. The quantitative estimate of drug-likeness (QED) is 0.144. The highest BCUT2D eigenvalue weighted by atomic mass is 16.7. The van der Waals surface area contributed by atoms with Crippen LogP contribution in [0.1, 0.15) is 11.7 Å². The Morgan fingerprint density at radius 3 is 2.07 bits per heavy atom. The molecule has 2 aliphatic heterocycles. The highest BCUT2D eigenvalue weighted by molar-refractivity contribution is 5.88. The molecule has 0 bridgehead atoms. The Morgan fingerprint density at radius 1 is 0.814 bits per heavy atom. The molecule has 1 aromatic heterocycles. The van der Waals surface area contributed by atoms with Gasteiger partial charge in [-0.3, -0.25) is 4.79 Å². The molecule has 9 N–H and O–H groups in total. The topological polar surface area (TPSA) is 249 Å². The largest absolute Gasteiger partial charge is 0.507 e. The molecule has 3 heterocycles. The zero-order valence-corrected chi connectivity index (χ0v) is 22.6. The number of aliphatic hydroxyl groups is 7. The van der Waals surface area contributed by atoms with Crippen LogP contribution >= 0.6 is 0 Å². The van der Waals surface area contributed by atoms with Crippen LogP contribution in [0.4, 0.5) is 0 Å². The molecule has 0 amide bonds. The van der Waals surface area contributed by atoms with Gasteiger partial charge in [-0.1, -0.05) is 0 Å². The molecule has 0 unspecified atom stereocenters. The molecule has 234 valence electrons. The van der Waals surface area contributed by atoms with Crippen LogP contribution in [0.15, 0.2) is 45.6 Å². The van der Waals surface area contributed by atoms with Gasteiger partial charge in [-0.25, -0.2) is 0 Å². The van der Waals surface area contributed by atoms with Gasteiger partial charge in [0.15, 0.2) is 11.7 Å². The van der Waals surface area contributed by atoms with Crippen LogP contribution in [0, 0.1) is 0 Å². The Balaban J connectivity index is 1.57. The van der Waals surface area contributed by atoms with Crippen LogP contribution in [-0.4, -0.2) is 121 Å². The number of aliphatic hydroxyl groups excluding tert-OH is 7. The van der Waals surface area contributed by atoms with Crippen LogP contribution in [0.5, 0.6) is 17.2 Å². The van der Waals surface area contributed by atoms with Gasteiger partial charge < -0.3 is 69.3 Å². The van der Waals surface area contributed by atoms with Crippen molar-refractivity contribution in [3.05, 3.63) is 52.2 Å². The predicted molar refractivity (Wildman–Crippen MR) is 143 cm³/mol. The van der Waals surface area contributed by atoms with Crippen molar-refractivity contribution in [2.45, 2.75) is 61.2 Å². The predicted octanol–water partition coefficient (Wildman–Crippen LogP) is -1.78. The molecular weight excluding hydrogens is 576 g/mol. The van der Waals surface area contributed by atoms with Gasteiger partial charge in [0.2, 0.25) is 0 Å². The second-order valence-electron chi connectivity index (χ2n) is 10.3. The number of fused-ring (bicyclic) bond motifs is 1. The van der Waals surface area contributed by atoms with E-state index in [-0.39, 0.29) is 16.7 Å². The maximum absolute atomic E-state index is 13.2. The Hall–Kier alpha value is -3.35. The average Bonchev–Trinajstić information content (AvgIpc) is 2.99. The zero-order valence-electron chi connectivity index (χ0n) is 22.6. The summed E-state index contributed by atoms with van der Waals surface area (Å²) in [5.41, 5.74) is -0.920. The van der Waals surface area contributed by atoms with E-state index in [2.05, 4.69) is 0 Å². The van der Waals surface area contributed by atoms with Crippen LogP contribution in [-0.2, 0) is 14.2 Å². The van der Waals surface area contributed by atoms with Gasteiger partial charge in [-0.2, -0.15) is 0 Å². The lowest BCUT2D eigenvalue weighted by molar-refractivity contribution is -0.342.